The van der Waals surface area contributed by atoms with E-state index in [2.05, 4.69) is 30.6 Å². The Morgan fingerprint density at radius 1 is 1.31 bits per heavy atom. The Morgan fingerprint density at radius 2 is 1.85 bits per heavy atom. The zero-order valence-electron chi connectivity index (χ0n) is 7.59. The maximum absolute atomic E-state index is 11.1. The van der Waals surface area contributed by atoms with Gasteiger partial charge in [0.1, 0.15) is 4.60 Å². The van der Waals surface area contributed by atoms with Crippen molar-refractivity contribution in [2.75, 3.05) is 7.11 Å². The first-order chi connectivity index (χ1) is 6.06. The third-order valence-corrected chi connectivity index (χ3v) is 2.20. The third-order valence-electron chi connectivity index (χ3n) is 1.64. The first kappa shape index (κ1) is 10.1. The molecule has 0 atom stereocenters. The molecule has 0 unspecified atom stereocenters. The van der Waals surface area contributed by atoms with E-state index in [-0.39, 0.29) is 5.69 Å². The van der Waals surface area contributed by atoms with E-state index in [0.717, 1.165) is 11.4 Å². The van der Waals surface area contributed by atoms with E-state index in [1.54, 1.807) is 6.92 Å². The molecule has 0 aliphatic rings. The molecule has 0 saturated heterocycles. The quantitative estimate of drug-likeness (QED) is 0.706. The number of hydrogen-bond donors (Lipinski definition) is 0. The van der Waals surface area contributed by atoms with Gasteiger partial charge in [-0.2, -0.15) is 0 Å². The SMILES string of the molecule is COC(=O)c1nc(C)c(C)nc1Br. The van der Waals surface area contributed by atoms with Gasteiger partial charge in [0.25, 0.3) is 0 Å². The van der Waals surface area contributed by atoms with Crippen LogP contribution in [-0.4, -0.2) is 23.0 Å². The number of esters is 1. The molecule has 0 radical (unpaired) electrons. The number of hydrogen-bond acceptors (Lipinski definition) is 4. The van der Waals surface area contributed by atoms with Gasteiger partial charge in [-0.1, -0.05) is 0 Å². The standard InChI is InChI=1S/C8H9BrN2O2/c1-4-5(2)11-7(9)6(10-4)8(12)13-3/h1-3H3. The number of methoxy groups -OCH3 is 1. The normalized spacial score (nSPS) is 9.85. The molecule has 1 aromatic heterocycles. The molecule has 0 spiro atoms. The van der Waals surface area contributed by atoms with Crippen molar-refractivity contribution in [2.45, 2.75) is 13.8 Å². The van der Waals surface area contributed by atoms with E-state index >= 15 is 0 Å². The molecule has 0 aliphatic heterocycles. The first-order valence-electron chi connectivity index (χ1n) is 3.65. The molecule has 1 heterocycles. The second kappa shape index (κ2) is 3.83. The van der Waals surface area contributed by atoms with Crippen molar-refractivity contribution < 1.29 is 9.53 Å². The van der Waals surface area contributed by atoms with Gasteiger partial charge in [0.05, 0.1) is 18.5 Å². The summed E-state index contributed by atoms with van der Waals surface area (Å²) in [6.07, 6.45) is 0. The van der Waals surface area contributed by atoms with Crippen LogP contribution in [0.15, 0.2) is 4.60 Å². The van der Waals surface area contributed by atoms with Crippen LogP contribution in [0.5, 0.6) is 0 Å². The summed E-state index contributed by atoms with van der Waals surface area (Å²) in [7, 11) is 1.31. The average molecular weight is 245 g/mol. The Kier molecular flexibility index (Phi) is 2.98. The van der Waals surface area contributed by atoms with Gasteiger partial charge in [0, 0.05) is 0 Å². The van der Waals surface area contributed by atoms with Crippen molar-refractivity contribution in [1.82, 2.24) is 9.97 Å². The summed E-state index contributed by atoms with van der Waals surface area (Å²) >= 11 is 3.15. The number of aromatic nitrogens is 2. The molecule has 4 nitrogen and oxygen atoms in total. The van der Waals surface area contributed by atoms with Crippen molar-refractivity contribution in [3.05, 3.63) is 21.7 Å². The molecule has 0 bridgehead atoms. The van der Waals surface area contributed by atoms with E-state index in [0.29, 0.717) is 4.60 Å². The molecule has 0 aliphatic carbocycles. The smallest absolute Gasteiger partial charge is 0.359 e. The summed E-state index contributed by atoms with van der Waals surface area (Å²) in [6.45, 7) is 3.62. The van der Waals surface area contributed by atoms with Crippen LogP contribution in [0.3, 0.4) is 0 Å². The van der Waals surface area contributed by atoms with Gasteiger partial charge in [-0.15, -0.1) is 0 Å². The zero-order chi connectivity index (χ0) is 10.0. The Morgan fingerprint density at radius 3 is 2.38 bits per heavy atom. The minimum Gasteiger partial charge on any atom is -0.464 e. The Labute approximate surface area is 84.5 Å². The summed E-state index contributed by atoms with van der Waals surface area (Å²) in [6, 6.07) is 0. The van der Waals surface area contributed by atoms with E-state index in [1.807, 2.05) is 6.92 Å². The van der Waals surface area contributed by atoms with E-state index in [4.69, 9.17) is 0 Å². The molecular formula is C8H9BrN2O2. The van der Waals surface area contributed by atoms with Crippen molar-refractivity contribution in [2.24, 2.45) is 0 Å². The Bertz CT molecular complexity index is 352. The summed E-state index contributed by atoms with van der Waals surface area (Å²) in [5, 5.41) is 0. The van der Waals surface area contributed by atoms with Crippen LogP contribution < -0.4 is 0 Å². The molecule has 1 rings (SSSR count). The summed E-state index contributed by atoms with van der Waals surface area (Å²) in [5.41, 5.74) is 1.73. The van der Waals surface area contributed by atoms with Crippen LogP contribution in [0.25, 0.3) is 0 Å². The van der Waals surface area contributed by atoms with Crippen molar-refractivity contribution in [1.29, 1.82) is 0 Å². The molecule has 0 aromatic carbocycles. The second-order valence-electron chi connectivity index (χ2n) is 2.53. The maximum atomic E-state index is 11.1. The first-order valence-corrected chi connectivity index (χ1v) is 4.44. The van der Waals surface area contributed by atoms with Crippen molar-refractivity contribution in [3.63, 3.8) is 0 Å². The van der Waals surface area contributed by atoms with Crippen LogP contribution in [0.2, 0.25) is 0 Å². The fraction of sp³-hybridized carbons (Fsp3) is 0.375. The molecule has 0 N–H and O–H groups in total. The number of carbonyl (C=O) groups excluding carboxylic acids is 1. The fourth-order valence-corrected chi connectivity index (χ4v) is 1.32. The molecule has 0 amide bonds. The van der Waals surface area contributed by atoms with E-state index in [1.165, 1.54) is 7.11 Å². The topological polar surface area (TPSA) is 52.1 Å². The lowest BCUT2D eigenvalue weighted by Crippen LogP contribution is -2.09. The van der Waals surface area contributed by atoms with Gasteiger partial charge in [-0.25, -0.2) is 14.8 Å². The molecule has 0 fully saturated rings. The number of aryl methyl sites for hydroxylation is 2. The fourth-order valence-electron chi connectivity index (χ4n) is 0.802. The van der Waals surface area contributed by atoms with Gasteiger partial charge in [-0.05, 0) is 29.8 Å². The number of ether oxygens (including phenoxy) is 1. The summed E-state index contributed by atoms with van der Waals surface area (Å²) in [5.74, 6) is -0.484. The number of rotatable bonds is 1. The molecular weight excluding hydrogens is 236 g/mol. The highest BCUT2D eigenvalue weighted by atomic mass is 79.9. The molecule has 0 saturated carbocycles. The van der Waals surface area contributed by atoms with Gasteiger partial charge >= 0.3 is 5.97 Å². The number of nitrogens with zero attached hydrogens (tertiary/aromatic N) is 2. The minimum absolute atomic E-state index is 0.214. The molecule has 5 heteroatoms. The minimum atomic E-state index is -0.484. The highest BCUT2D eigenvalue weighted by Gasteiger charge is 2.14. The predicted molar refractivity (Wildman–Crippen MR) is 50.5 cm³/mol. The van der Waals surface area contributed by atoms with Crippen LogP contribution in [-0.2, 0) is 4.74 Å². The lowest BCUT2D eigenvalue weighted by Gasteiger charge is -2.04. The van der Waals surface area contributed by atoms with Gasteiger partial charge < -0.3 is 4.74 Å². The highest BCUT2D eigenvalue weighted by molar-refractivity contribution is 9.10. The van der Waals surface area contributed by atoms with Crippen molar-refractivity contribution >= 4 is 21.9 Å². The van der Waals surface area contributed by atoms with Crippen LogP contribution in [0, 0.1) is 13.8 Å². The molecule has 1 aromatic rings. The van der Waals surface area contributed by atoms with Gasteiger partial charge in [-0.3, -0.25) is 0 Å². The lowest BCUT2D eigenvalue weighted by molar-refractivity contribution is 0.0592. The Balaban J connectivity index is 3.23. The second-order valence-corrected chi connectivity index (χ2v) is 3.28. The van der Waals surface area contributed by atoms with Crippen LogP contribution in [0.4, 0.5) is 0 Å². The lowest BCUT2D eigenvalue weighted by atomic mass is 10.3. The van der Waals surface area contributed by atoms with Gasteiger partial charge in [0.15, 0.2) is 5.69 Å². The van der Waals surface area contributed by atoms with Crippen molar-refractivity contribution in [3.8, 4) is 0 Å². The molecule has 70 valence electrons. The summed E-state index contributed by atoms with van der Waals surface area (Å²) in [4.78, 5) is 19.3. The maximum Gasteiger partial charge on any atom is 0.359 e. The monoisotopic (exact) mass is 244 g/mol. The number of halogens is 1. The van der Waals surface area contributed by atoms with E-state index < -0.39 is 5.97 Å². The third kappa shape index (κ3) is 2.03. The van der Waals surface area contributed by atoms with E-state index in [9.17, 15) is 4.79 Å². The van der Waals surface area contributed by atoms with Crippen LogP contribution >= 0.6 is 15.9 Å². The highest BCUT2D eigenvalue weighted by Crippen LogP contribution is 2.14. The van der Waals surface area contributed by atoms with Gasteiger partial charge in [0.2, 0.25) is 0 Å². The predicted octanol–water partition coefficient (Wildman–Crippen LogP) is 1.64. The average Bonchev–Trinajstić information content (AvgIpc) is 2.10. The van der Waals surface area contributed by atoms with Crippen LogP contribution in [0.1, 0.15) is 21.9 Å². The summed E-state index contributed by atoms with van der Waals surface area (Å²) < 4.78 is 4.96. The number of carbonyl (C=O) groups is 1. The largest absolute Gasteiger partial charge is 0.464 e. The Hall–Kier alpha value is -0.970. The zero-order valence-corrected chi connectivity index (χ0v) is 9.17. The molecule has 13 heavy (non-hydrogen) atoms.